The van der Waals surface area contributed by atoms with E-state index in [4.69, 9.17) is 5.11 Å². The van der Waals surface area contributed by atoms with Gasteiger partial charge in [-0.3, -0.25) is 9.59 Å². The number of hydrogen-bond acceptors (Lipinski definition) is 5. The fourth-order valence-corrected chi connectivity index (χ4v) is 3.49. The van der Waals surface area contributed by atoms with Gasteiger partial charge in [0, 0.05) is 13.2 Å². The molecule has 0 saturated carbocycles. The van der Waals surface area contributed by atoms with Crippen LogP contribution in [0.4, 0.5) is 0 Å². The molecule has 0 spiro atoms. The van der Waals surface area contributed by atoms with Crippen LogP contribution < -0.4 is 10.9 Å². The number of carbonyl (C=O) groups is 1. The van der Waals surface area contributed by atoms with Gasteiger partial charge in [-0.1, -0.05) is 30.3 Å². The first-order valence-electron chi connectivity index (χ1n) is 7.89. The molecule has 0 bridgehead atoms. The van der Waals surface area contributed by atoms with E-state index in [-0.39, 0.29) is 24.5 Å². The average molecular weight is 358 g/mol. The number of aromatic nitrogens is 1. The molecule has 0 aliphatic carbocycles. The highest BCUT2D eigenvalue weighted by Gasteiger charge is 2.22. The molecular formula is C18H18N2O4S. The van der Waals surface area contributed by atoms with Crippen molar-refractivity contribution in [2.24, 2.45) is 0 Å². The Morgan fingerprint density at radius 1 is 1.20 bits per heavy atom. The topological polar surface area (TPSA) is 91.6 Å². The molecular weight excluding hydrogens is 340 g/mol. The number of hydrogen-bond donors (Lipinski definition) is 3. The van der Waals surface area contributed by atoms with Gasteiger partial charge in [-0.15, -0.1) is 11.3 Å². The van der Waals surface area contributed by atoms with E-state index < -0.39 is 11.5 Å². The number of rotatable bonds is 6. The molecule has 0 aliphatic rings. The Morgan fingerprint density at radius 2 is 1.96 bits per heavy atom. The number of nitrogens with zero attached hydrogens (tertiary/aromatic N) is 1. The second-order valence-electron chi connectivity index (χ2n) is 5.57. The lowest BCUT2D eigenvalue weighted by Crippen LogP contribution is -2.34. The minimum absolute atomic E-state index is 0.0611. The quantitative estimate of drug-likeness (QED) is 0.587. The monoisotopic (exact) mass is 358 g/mol. The van der Waals surface area contributed by atoms with Gasteiger partial charge in [0.1, 0.15) is 5.56 Å². The number of amides is 1. The zero-order valence-corrected chi connectivity index (χ0v) is 14.3. The fraction of sp³-hybridized carbons (Fsp3) is 0.222. The molecule has 0 radical (unpaired) electrons. The summed E-state index contributed by atoms with van der Waals surface area (Å²) in [6.45, 7) is 0.480. The molecule has 2 aromatic heterocycles. The zero-order chi connectivity index (χ0) is 17.8. The van der Waals surface area contributed by atoms with Gasteiger partial charge in [0.25, 0.3) is 11.5 Å². The third-order valence-corrected chi connectivity index (χ3v) is 4.79. The summed E-state index contributed by atoms with van der Waals surface area (Å²) in [5, 5.41) is 23.6. The first-order valence-corrected chi connectivity index (χ1v) is 8.77. The Bertz CT molecular complexity index is 947. The van der Waals surface area contributed by atoms with Gasteiger partial charge in [0.05, 0.1) is 16.8 Å². The lowest BCUT2D eigenvalue weighted by atomic mass is 10.1. The molecule has 1 aromatic carbocycles. The summed E-state index contributed by atoms with van der Waals surface area (Å²) in [6, 6.07) is 11.2. The van der Waals surface area contributed by atoms with E-state index >= 15 is 0 Å². The predicted octanol–water partition coefficient (Wildman–Crippen LogP) is 1.93. The SMILES string of the molecule is O=C(NCCCO)c1c(O)c2sccc2n(Cc2ccccc2)c1=O. The molecule has 2 heterocycles. The van der Waals surface area contributed by atoms with Crippen molar-refractivity contribution in [3.8, 4) is 5.75 Å². The van der Waals surface area contributed by atoms with Gasteiger partial charge in [0.2, 0.25) is 0 Å². The van der Waals surface area contributed by atoms with Crippen molar-refractivity contribution in [3.63, 3.8) is 0 Å². The van der Waals surface area contributed by atoms with Crippen molar-refractivity contribution >= 4 is 27.5 Å². The highest BCUT2D eigenvalue weighted by molar-refractivity contribution is 7.17. The van der Waals surface area contributed by atoms with Gasteiger partial charge in [-0.05, 0) is 23.4 Å². The number of fused-ring (bicyclic) bond motifs is 1. The standard InChI is InChI=1S/C18H18N2O4S/c21-9-4-8-19-17(23)14-15(22)16-13(7-10-25-16)20(18(14)24)11-12-5-2-1-3-6-12/h1-3,5-7,10,21-22H,4,8-9,11H2,(H,19,23). The maximum Gasteiger partial charge on any atom is 0.268 e. The van der Waals surface area contributed by atoms with Crippen molar-refractivity contribution in [1.82, 2.24) is 9.88 Å². The minimum Gasteiger partial charge on any atom is -0.505 e. The van der Waals surface area contributed by atoms with Crippen molar-refractivity contribution < 1.29 is 15.0 Å². The van der Waals surface area contributed by atoms with E-state index in [1.54, 1.807) is 11.4 Å². The van der Waals surface area contributed by atoms with Gasteiger partial charge >= 0.3 is 0 Å². The molecule has 3 rings (SSSR count). The lowest BCUT2D eigenvalue weighted by molar-refractivity contribution is 0.0946. The number of aliphatic hydroxyl groups is 1. The molecule has 7 heteroatoms. The molecule has 3 N–H and O–H groups in total. The summed E-state index contributed by atoms with van der Waals surface area (Å²) in [5.74, 6) is -0.922. The number of carbonyl (C=O) groups excluding carboxylic acids is 1. The van der Waals surface area contributed by atoms with Gasteiger partial charge < -0.3 is 20.1 Å². The van der Waals surface area contributed by atoms with E-state index in [1.807, 2.05) is 30.3 Å². The van der Waals surface area contributed by atoms with Crippen LogP contribution in [-0.2, 0) is 6.54 Å². The second kappa shape index (κ2) is 7.50. The third-order valence-electron chi connectivity index (χ3n) is 3.88. The number of benzene rings is 1. The Morgan fingerprint density at radius 3 is 2.68 bits per heavy atom. The van der Waals surface area contributed by atoms with E-state index in [0.29, 0.717) is 23.2 Å². The van der Waals surface area contributed by atoms with Crippen LogP contribution >= 0.6 is 11.3 Å². The molecule has 0 aliphatic heterocycles. The number of thiophene rings is 1. The van der Waals surface area contributed by atoms with Gasteiger partial charge in [0.15, 0.2) is 5.75 Å². The number of aliphatic hydroxyl groups excluding tert-OH is 1. The van der Waals surface area contributed by atoms with Crippen LogP contribution in [0.15, 0.2) is 46.6 Å². The van der Waals surface area contributed by atoms with E-state index in [1.165, 1.54) is 15.9 Å². The molecule has 1 amide bonds. The molecule has 3 aromatic rings. The first kappa shape index (κ1) is 17.2. The molecule has 0 atom stereocenters. The van der Waals surface area contributed by atoms with E-state index in [2.05, 4.69) is 5.32 Å². The molecule has 0 unspecified atom stereocenters. The molecule has 0 fully saturated rings. The van der Waals surface area contributed by atoms with Crippen LogP contribution in [0.3, 0.4) is 0 Å². The predicted molar refractivity (Wildman–Crippen MR) is 97.3 cm³/mol. The summed E-state index contributed by atoms with van der Waals surface area (Å²) in [7, 11) is 0. The van der Waals surface area contributed by atoms with Crippen molar-refractivity contribution in [2.45, 2.75) is 13.0 Å². The lowest BCUT2D eigenvalue weighted by Gasteiger charge is -2.13. The highest BCUT2D eigenvalue weighted by Crippen LogP contribution is 2.31. The average Bonchev–Trinajstić information content (AvgIpc) is 3.10. The summed E-state index contributed by atoms with van der Waals surface area (Å²) in [4.78, 5) is 25.2. The first-order chi connectivity index (χ1) is 12.1. The third kappa shape index (κ3) is 3.42. The van der Waals surface area contributed by atoms with Crippen LogP contribution in [0.25, 0.3) is 10.2 Å². The molecule has 130 valence electrons. The summed E-state index contributed by atoms with van der Waals surface area (Å²) >= 11 is 1.28. The number of pyridine rings is 1. The summed E-state index contributed by atoms with van der Waals surface area (Å²) < 4.78 is 2.00. The Hall–Kier alpha value is -2.64. The van der Waals surface area contributed by atoms with Crippen LogP contribution in [-0.4, -0.2) is 33.8 Å². The maximum absolute atomic E-state index is 12.9. The summed E-state index contributed by atoms with van der Waals surface area (Å²) in [5.41, 5.74) is 0.732. The van der Waals surface area contributed by atoms with E-state index in [9.17, 15) is 14.7 Å². The Kier molecular flexibility index (Phi) is 5.16. The fourth-order valence-electron chi connectivity index (χ4n) is 2.65. The normalized spacial score (nSPS) is 10.9. The number of aromatic hydroxyl groups is 1. The molecule has 6 nitrogen and oxygen atoms in total. The zero-order valence-electron chi connectivity index (χ0n) is 13.4. The van der Waals surface area contributed by atoms with Crippen LogP contribution in [0.1, 0.15) is 22.3 Å². The molecule has 0 saturated heterocycles. The molecule has 25 heavy (non-hydrogen) atoms. The van der Waals surface area contributed by atoms with Gasteiger partial charge in [-0.2, -0.15) is 0 Å². The van der Waals surface area contributed by atoms with Gasteiger partial charge in [-0.25, -0.2) is 0 Å². The smallest absolute Gasteiger partial charge is 0.268 e. The van der Waals surface area contributed by atoms with Crippen molar-refractivity contribution in [1.29, 1.82) is 0 Å². The Labute approximate surface area is 148 Å². The highest BCUT2D eigenvalue weighted by atomic mass is 32.1. The van der Waals surface area contributed by atoms with Crippen molar-refractivity contribution in [3.05, 3.63) is 63.3 Å². The Balaban J connectivity index is 2.08. The maximum atomic E-state index is 12.9. The van der Waals surface area contributed by atoms with E-state index in [0.717, 1.165) is 5.56 Å². The van der Waals surface area contributed by atoms with Crippen LogP contribution in [0.5, 0.6) is 5.75 Å². The largest absolute Gasteiger partial charge is 0.505 e. The van der Waals surface area contributed by atoms with Crippen molar-refractivity contribution in [2.75, 3.05) is 13.2 Å². The van der Waals surface area contributed by atoms with Crippen LogP contribution in [0, 0.1) is 0 Å². The van der Waals surface area contributed by atoms with Crippen LogP contribution in [0.2, 0.25) is 0 Å². The number of nitrogens with one attached hydrogen (secondary N) is 1. The second-order valence-corrected chi connectivity index (χ2v) is 6.48. The minimum atomic E-state index is -0.631. The summed E-state index contributed by atoms with van der Waals surface area (Å²) in [6.07, 6.45) is 0.381.